The lowest BCUT2D eigenvalue weighted by Gasteiger charge is -2.34. The fraction of sp³-hybridized carbons (Fsp3) is 0.474. The van der Waals surface area contributed by atoms with Crippen LogP contribution in [0.2, 0.25) is 0 Å². The van der Waals surface area contributed by atoms with Gasteiger partial charge in [0.05, 0.1) is 11.9 Å². The summed E-state index contributed by atoms with van der Waals surface area (Å²) < 4.78 is 0. The quantitative estimate of drug-likeness (QED) is 0.854. The summed E-state index contributed by atoms with van der Waals surface area (Å²) in [4.78, 5) is 29.8. The molecule has 6 heteroatoms. The molecule has 2 atom stereocenters. The second-order valence-electron chi connectivity index (χ2n) is 7.12. The van der Waals surface area contributed by atoms with Crippen LogP contribution in [0.4, 0.5) is 0 Å². The van der Waals surface area contributed by atoms with Gasteiger partial charge in [-0.15, -0.1) is 0 Å². The number of aryl methyl sites for hydroxylation is 1. The van der Waals surface area contributed by atoms with Crippen LogP contribution in [0.5, 0.6) is 0 Å². The predicted molar refractivity (Wildman–Crippen MR) is 93.8 cm³/mol. The Morgan fingerprint density at radius 3 is 2.88 bits per heavy atom. The first-order chi connectivity index (χ1) is 12.2. The Morgan fingerprint density at radius 2 is 2.08 bits per heavy atom. The summed E-state index contributed by atoms with van der Waals surface area (Å²) in [6, 6.07) is 6.20. The topological polar surface area (TPSA) is 62.2 Å². The van der Waals surface area contributed by atoms with E-state index >= 15 is 0 Å². The molecule has 6 nitrogen and oxygen atoms in total. The van der Waals surface area contributed by atoms with Crippen molar-refractivity contribution in [3.8, 4) is 0 Å². The highest BCUT2D eigenvalue weighted by molar-refractivity contribution is 5.92. The number of piperidine rings is 1. The molecular formula is C19H23N5O. The van der Waals surface area contributed by atoms with Crippen molar-refractivity contribution in [2.75, 3.05) is 26.2 Å². The lowest BCUT2D eigenvalue weighted by atomic mass is 9.88. The number of carbonyl (C=O) groups excluding carboxylic acids is 1. The fourth-order valence-corrected chi connectivity index (χ4v) is 4.07. The van der Waals surface area contributed by atoms with Gasteiger partial charge in [-0.1, -0.05) is 6.07 Å². The largest absolute Gasteiger partial charge is 0.337 e. The van der Waals surface area contributed by atoms with Crippen molar-refractivity contribution in [2.24, 2.45) is 11.8 Å². The van der Waals surface area contributed by atoms with Gasteiger partial charge in [0, 0.05) is 50.8 Å². The number of hydrogen-bond donors (Lipinski definition) is 0. The molecule has 0 aliphatic carbocycles. The van der Waals surface area contributed by atoms with Gasteiger partial charge in [0.25, 0.3) is 5.91 Å². The molecule has 0 radical (unpaired) electrons. The molecule has 4 heterocycles. The fourth-order valence-electron chi connectivity index (χ4n) is 4.07. The zero-order valence-corrected chi connectivity index (χ0v) is 14.5. The van der Waals surface area contributed by atoms with Crippen molar-refractivity contribution in [3.63, 3.8) is 0 Å². The molecule has 25 heavy (non-hydrogen) atoms. The molecule has 0 bridgehead atoms. The van der Waals surface area contributed by atoms with Crippen molar-refractivity contribution in [3.05, 3.63) is 53.9 Å². The van der Waals surface area contributed by atoms with Crippen molar-refractivity contribution in [1.29, 1.82) is 0 Å². The first kappa shape index (κ1) is 16.1. The molecule has 1 amide bonds. The Kier molecular flexibility index (Phi) is 4.44. The van der Waals surface area contributed by atoms with E-state index in [1.165, 1.54) is 0 Å². The summed E-state index contributed by atoms with van der Waals surface area (Å²) >= 11 is 0. The minimum absolute atomic E-state index is 0.00495. The number of likely N-dealkylation sites (tertiary alicyclic amines) is 2. The van der Waals surface area contributed by atoms with Crippen LogP contribution in [0, 0.1) is 18.8 Å². The van der Waals surface area contributed by atoms with E-state index in [0.29, 0.717) is 17.5 Å². The maximum Gasteiger partial charge on any atom is 0.274 e. The molecule has 2 aromatic heterocycles. The number of aromatic nitrogens is 3. The van der Waals surface area contributed by atoms with Gasteiger partial charge in [-0.3, -0.25) is 19.7 Å². The second kappa shape index (κ2) is 6.88. The van der Waals surface area contributed by atoms with Crippen LogP contribution in [-0.2, 0) is 6.54 Å². The van der Waals surface area contributed by atoms with Crippen molar-refractivity contribution >= 4 is 5.91 Å². The van der Waals surface area contributed by atoms with Gasteiger partial charge < -0.3 is 4.90 Å². The Morgan fingerprint density at radius 1 is 1.20 bits per heavy atom. The van der Waals surface area contributed by atoms with E-state index in [9.17, 15) is 4.79 Å². The van der Waals surface area contributed by atoms with E-state index in [1.54, 1.807) is 18.6 Å². The van der Waals surface area contributed by atoms with E-state index in [-0.39, 0.29) is 5.91 Å². The van der Waals surface area contributed by atoms with E-state index in [4.69, 9.17) is 0 Å². The third kappa shape index (κ3) is 3.54. The van der Waals surface area contributed by atoms with Crippen LogP contribution in [0.25, 0.3) is 0 Å². The second-order valence-corrected chi connectivity index (χ2v) is 7.12. The number of pyridine rings is 1. The number of fused-ring (bicyclic) bond motifs is 1. The molecule has 2 aliphatic rings. The molecule has 2 fully saturated rings. The number of hydrogen-bond acceptors (Lipinski definition) is 5. The average Bonchev–Trinajstić information content (AvgIpc) is 3.03. The summed E-state index contributed by atoms with van der Waals surface area (Å²) in [7, 11) is 0. The molecule has 130 valence electrons. The van der Waals surface area contributed by atoms with Gasteiger partial charge in [0.1, 0.15) is 5.69 Å². The Hall–Kier alpha value is -2.34. The minimum Gasteiger partial charge on any atom is -0.337 e. The van der Waals surface area contributed by atoms with Crippen molar-refractivity contribution in [2.45, 2.75) is 19.9 Å². The van der Waals surface area contributed by atoms with E-state index in [1.807, 2.05) is 17.9 Å². The van der Waals surface area contributed by atoms with Gasteiger partial charge in [0.15, 0.2) is 0 Å². The molecule has 0 aromatic carbocycles. The monoisotopic (exact) mass is 337 g/mol. The molecule has 0 N–H and O–H groups in total. The summed E-state index contributed by atoms with van der Waals surface area (Å²) in [5.41, 5.74) is 2.64. The number of rotatable bonds is 3. The number of amides is 1. The predicted octanol–water partition coefficient (Wildman–Crippen LogP) is 1.77. The maximum atomic E-state index is 12.6. The third-order valence-corrected chi connectivity index (χ3v) is 5.28. The van der Waals surface area contributed by atoms with Gasteiger partial charge in [0.2, 0.25) is 0 Å². The zero-order valence-electron chi connectivity index (χ0n) is 14.5. The summed E-state index contributed by atoms with van der Waals surface area (Å²) in [6.07, 6.45) is 5.79. The first-order valence-corrected chi connectivity index (χ1v) is 8.89. The summed E-state index contributed by atoms with van der Waals surface area (Å²) in [6.45, 7) is 6.69. The smallest absolute Gasteiger partial charge is 0.274 e. The normalized spacial score (nSPS) is 23.5. The molecule has 0 unspecified atom stereocenters. The van der Waals surface area contributed by atoms with Gasteiger partial charge in [-0.25, -0.2) is 4.98 Å². The molecule has 2 saturated heterocycles. The van der Waals surface area contributed by atoms with E-state index in [2.05, 4.69) is 32.0 Å². The summed E-state index contributed by atoms with van der Waals surface area (Å²) in [5, 5.41) is 0. The first-order valence-electron chi connectivity index (χ1n) is 8.89. The Bertz CT molecular complexity index is 750. The maximum absolute atomic E-state index is 12.6. The van der Waals surface area contributed by atoms with Crippen molar-refractivity contribution in [1.82, 2.24) is 24.8 Å². The summed E-state index contributed by atoms with van der Waals surface area (Å²) in [5.74, 6) is 1.22. The Balaban J connectivity index is 1.38. The molecule has 2 aliphatic heterocycles. The van der Waals surface area contributed by atoms with Crippen LogP contribution in [0.3, 0.4) is 0 Å². The van der Waals surface area contributed by atoms with Crippen molar-refractivity contribution < 1.29 is 4.79 Å². The van der Waals surface area contributed by atoms with Crippen LogP contribution in [-0.4, -0.2) is 56.8 Å². The highest BCUT2D eigenvalue weighted by Crippen LogP contribution is 2.32. The number of carbonyl (C=O) groups is 1. The average molecular weight is 337 g/mol. The SMILES string of the molecule is Cc1cccc(CN2C[C@@H]3CN(C(=O)c4cnccn4)CC[C@H]3C2)n1. The Labute approximate surface area is 147 Å². The van der Waals surface area contributed by atoms with Crippen LogP contribution < -0.4 is 0 Å². The molecular weight excluding hydrogens is 314 g/mol. The zero-order chi connectivity index (χ0) is 17.2. The number of nitrogens with zero attached hydrogens (tertiary/aromatic N) is 5. The third-order valence-electron chi connectivity index (χ3n) is 5.28. The molecule has 4 rings (SSSR count). The van der Waals surface area contributed by atoms with E-state index < -0.39 is 0 Å². The molecule has 0 spiro atoms. The lowest BCUT2D eigenvalue weighted by Crippen LogP contribution is -2.43. The van der Waals surface area contributed by atoms with E-state index in [0.717, 1.165) is 50.5 Å². The molecule has 0 saturated carbocycles. The highest BCUT2D eigenvalue weighted by Gasteiger charge is 2.38. The van der Waals surface area contributed by atoms with Gasteiger partial charge >= 0.3 is 0 Å². The standard InChI is InChI=1S/C19H23N5O/c1-14-3-2-4-17(22-14)13-23-10-15-5-8-24(12-16(15)11-23)19(25)18-9-20-6-7-21-18/h2-4,6-7,9,15-16H,5,8,10-13H2,1H3/t15-,16+/m0/s1. The minimum atomic E-state index is 0.00495. The van der Waals surface area contributed by atoms with Crippen LogP contribution >= 0.6 is 0 Å². The highest BCUT2D eigenvalue weighted by atomic mass is 16.2. The van der Waals surface area contributed by atoms with Crippen LogP contribution in [0.15, 0.2) is 36.8 Å². The van der Waals surface area contributed by atoms with Gasteiger partial charge in [-0.05, 0) is 37.3 Å². The lowest BCUT2D eigenvalue weighted by molar-refractivity contribution is 0.0635. The van der Waals surface area contributed by atoms with Gasteiger partial charge in [-0.2, -0.15) is 0 Å². The molecule has 2 aromatic rings. The van der Waals surface area contributed by atoms with Crippen LogP contribution in [0.1, 0.15) is 28.3 Å².